The van der Waals surface area contributed by atoms with Crippen molar-refractivity contribution in [3.63, 3.8) is 0 Å². The smallest absolute Gasteiger partial charge is 0.303 e. The molecule has 0 amide bonds. The summed E-state index contributed by atoms with van der Waals surface area (Å²) in [5, 5.41) is 27.8. The van der Waals surface area contributed by atoms with Crippen LogP contribution < -0.4 is 0 Å². The van der Waals surface area contributed by atoms with Gasteiger partial charge in [0.15, 0.2) is 0 Å². The molecule has 0 aromatic rings. The highest BCUT2D eigenvalue weighted by Gasteiger charge is 2.41. The summed E-state index contributed by atoms with van der Waals surface area (Å²) in [4.78, 5) is 23.1. The average molecular weight is 401 g/mol. The quantitative estimate of drug-likeness (QED) is 0.322. The van der Waals surface area contributed by atoms with E-state index in [0.29, 0.717) is 12.8 Å². The Labute approximate surface area is 169 Å². The van der Waals surface area contributed by atoms with Crippen molar-refractivity contribution in [2.75, 3.05) is 13.2 Å². The minimum absolute atomic E-state index is 0.00375. The summed E-state index contributed by atoms with van der Waals surface area (Å²) in [5.41, 5.74) is 0. The van der Waals surface area contributed by atoms with E-state index in [9.17, 15) is 14.7 Å². The fraction of sp³-hybridized carbons (Fsp3) is 0.909. The largest absolute Gasteiger partial charge is 0.481 e. The van der Waals surface area contributed by atoms with Crippen LogP contribution in [0.4, 0.5) is 0 Å². The Morgan fingerprint density at radius 1 is 1.11 bits per heavy atom. The first kappa shape index (κ1) is 25.1. The molecule has 0 aromatic carbocycles. The lowest BCUT2D eigenvalue weighted by atomic mass is 9.85. The summed E-state index contributed by atoms with van der Waals surface area (Å²) < 4.78 is 5.76. The molecule has 0 spiro atoms. The number of aliphatic carboxylic acids is 1. The maximum Gasteiger partial charge on any atom is 0.303 e. The van der Waals surface area contributed by atoms with Gasteiger partial charge in [-0.1, -0.05) is 45.4 Å². The SMILES string of the molecule is CCCCC(O)CCC[C@H]1[C@H](OCCO)CC(=O)[C@@H]1CCCCCCC(=O)O. The van der Waals surface area contributed by atoms with Gasteiger partial charge in [-0.15, -0.1) is 0 Å². The third-order valence-corrected chi connectivity index (χ3v) is 5.85. The van der Waals surface area contributed by atoms with Gasteiger partial charge >= 0.3 is 5.97 Å². The molecule has 1 rings (SSSR count). The maximum absolute atomic E-state index is 12.5. The number of carbonyl (C=O) groups excluding carboxylic acids is 1. The first-order chi connectivity index (χ1) is 13.5. The van der Waals surface area contributed by atoms with Crippen molar-refractivity contribution in [1.29, 1.82) is 0 Å². The average Bonchev–Trinajstić information content (AvgIpc) is 2.95. The van der Waals surface area contributed by atoms with E-state index < -0.39 is 5.97 Å². The fourth-order valence-corrected chi connectivity index (χ4v) is 4.31. The molecule has 0 aromatic heterocycles. The van der Waals surface area contributed by atoms with E-state index in [0.717, 1.165) is 64.2 Å². The third-order valence-electron chi connectivity index (χ3n) is 5.85. The highest BCUT2D eigenvalue weighted by molar-refractivity contribution is 5.84. The normalized spacial score (nSPS) is 23.2. The van der Waals surface area contributed by atoms with E-state index in [-0.39, 0.29) is 49.5 Å². The van der Waals surface area contributed by atoms with Crippen molar-refractivity contribution in [1.82, 2.24) is 0 Å². The summed E-state index contributed by atoms with van der Waals surface area (Å²) in [6.07, 6.45) is 10.0. The Balaban J connectivity index is 2.46. The Morgan fingerprint density at radius 3 is 2.50 bits per heavy atom. The van der Waals surface area contributed by atoms with Crippen LogP contribution in [-0.2, 0) is 14.3 Å². The molecule has 0 aliphatic heterocycles. The van der Waals surface area contributed by atoms with Crippen LogP contribution >= 0.6 is 0 Å². The van der Waals surface area contributed by atoms with E-state index in [1.54, 1.807) is 0 Å². The summed E-state index contributed by atoms with van der Waals surface area (Å²) >= 11 is 0. The minimum Gasteiger partial charge on any atom is -0.481 e. The van der Waals surface area contributed by atoms with Crippen molar-refractivity contribution in [3.8, 4) is 0 Å². The zero-order valence-electron chi connectivity index (χ0n) is 17.5. The van der Waals surface area contributed by atoms with Gasteiger partial charge in [-0.05, 0) is 38.0 Å². The number of Topliss-reactive ketones (excluding diaryl/α,β-unsaturated/α-hetero) is 1. The topological polar surface area (TPSA) is 104 Å². The summed E-state index contributed by atoms with van der Waals surface area (Å²) in [6.45, 7) is 2.34. The lowest BCUT2D eigenvalue weighted by molar-refractivity contribution is -0.137. The maximum atomic E-state index is 12.5. The van der Waals surface area contributed by atoms with E-state index in [2.05, 4.69) is 6.92 Å². The van der Waals surface area contributed by atoms with E-state index in [1.807, 2.05) is 0 Å². The van der Waals surface area contributed by atoms with Crippen LogP contribution in [-0.4, -0.2) is 52.5 Å². The zero-order valence-corrected chi connectivity index (χ0v) is 17.5. The highest BCUT2D eigenvalue weighted by Crippen LogP contribution is 2.38. The molecule has 28 heavy (non-hydrogen) atoms. The van der Waals surface area contributed by atoms with Crippen molar-refractivity contribution >= 4 is 11.8 Å². The number of aliphatic hydroxyl groups is 2. The lowest BCUT2D eigenvalue weighted by Gasteiger charge is -2.24. The second kappa shape index (κ2) is 14.9. The molecule has 0 saturated heterocycles. The molecule has 164 valence electrons. The highest BCUT2D eigenvalue weighted by atomic mass is 16.5. The molecule has 0 heterocycles. The molecule has 1 unspecified atom stereocenters. The summed E-state index contributed by atoms with van der Waals surface area (Å²) in [7, 11) is 0. The number of hydrogen-bond donors (Lipinski definition) is 3. The van der Waals surface area contributed by atoms with Gasteiger partial charge in [0.05, 0.1) is 25.4 Å². The van der Waals surface area contributed by atoms with Gasteiger partial charge in [0.1, 0.15) is 5.78 Å². The van der Waals surface area contributed by atoms with Crippen molar-refractivity contribution in [2.45, 2.75) is 103 Å². The van der Waals surface area contributed by atoms with Gasteiger partial charge in [0, 0.05) is 18.8 Å². The molecular weight excluding hydrogens is 360 g/mol. The standard InChI is InChI=1S/C22H40O6/c1-2-3-9-17(24)10-8-12-19-18(11-6-4-5-7-13-22(26)27)20(25)16-21(19)28-15-14-23/h17-19,21,23-24H,2-16H2,1H3,(H,26,27)/t17?,18-,19-,21-/m1/s1. The Kier molecular flexibility index (Phi) is 13.4. The molecule has 0 radical (unpaired) electrons. The van der Waals surface area contributed by atoms with E-state index >= 15 is 0 Å². The number of ketones is 1. The van der Waals surface area contributed by atoms with Gasteiger partial charge in [0.2, 0.25) is 0 Å². The summed E-state index contributed by atoms with van der Waals surface area (Å²) in [6, 6.07) is 0. The molecule has 1 aliphatic carbocycles. The first-order valence-corrected chi connectivity index (χ1v) is 11.1. The van der Waals surface area contributed by atoms with Crippen molar-refractivity contribution in [3.05, 3.63) is 0 Å². The number of aliphatic hydroxyl groups excluding tert-OH is 2. The van der Waals surface area contributed by atoms with Crippen LogP contribution in [0.15, 0.2) is 0 Å². The molecule has 6 nitrogen and oxygen atoms in total. The van der Waals surface area contributed by atoms with E-state index in [1.165, 1.54) is 0 Å². The fourth-order valence-electron chi connectivity index (χ4n) is 4.31. The Hall–Kier alpha value is -0.980. The first-order valence-electron chi connectivity index (χ1n) is 11.1. The van der Waals surface area contributed by atoms with Gasteiger partial charge < -0.3 is 20.1 Å². The molecule has 1 aliphatic rings. The van der Waals surface area contributed by atoms with Crippen LogP contribution in [0.1, 0.15) is 90.4 Å². The van der Waals surface area contributed by atoms with Gasteiger partial charge in [-0.3, -0.25) is 9.59 Å². The number of carboxylic acids is 1. The molecule has 1 fully saturated rings. The Morgan fingerprint density at radius 2 is 1.82 bits per heavy atom. The van der Waals surface area contributed by atoms with Crippen molar-refractivity contribution < 1.29 is 29.6 Å². The summed E-state index contributed by atoms with van der Waals surface area (Å²) in [5.74, 6) is -0.339. The van der Waals surface area contributed by atoms with Gasteiger partial charge in [0.25, 0.3) is 0 Å². The van der Waals surface area contributed by atoms with Gasteiger partial charge in [-0.25, -0.2) is 0 Å². The number of ether oxygens (including phenoxy) is 1. The van der Waals surface area contributed by atoms with Crippen LogP contribution in [0.2, 0.25) is 0 Å². The number of rotatable bonds is 17. The second-order valence-electron chi connectivity index (χ2n) is 8.15. The monoisotopic (exact) mass is 400 g/mol. The van der Waals surface area contributed by atoms with Crippen LogP contribution in [0.5, 0.6) is 0 Å². The number of carboxylic acid groups (broad SMARTS) is 1. The molecule has 4 atom stereocenters. The molecular formula is C22H40O6. The second-order valence-corrected chi connectivity index (χ2v) is 8.15. The minimum atomic E-state index is -0.754. The molecule has 6 heteroatoms. The molecule has 0 bridgehead atoms. The lowest BCUT2D eigenvalue weighted by Crippen LogP contribution is -2.25. The number of carbonyl (C=O) groups is 2. The van der Waals surface area contributed by atoms with Crippen LogP contribution in [0, 0.1) is 11.8 Å². The Bertz CT molecular complexity index is 439. The molecule has 1 saturated carbocycles. The predicted molar refractivity (Wildman–Crippen MR) is 108 cm³/mol. The number of hydrogen-bond acceptors (Lipinski definition) is 5. The zero-order chi connectivity index (χ0) is 20.8. The molecule has 3 N–H and O–H groups in total. The van der Waals surface area contributed by atoms with Crippen LogP contribution in [0.3, 0.4) is 0 Å². The predicted octanol–water partition coefficient (Wildman–Crippen LogP) is 3.72. The number of unbranched alkanes of at least 4 members (excludes halogenated alkanes) is 4. The van der Waals surface area contributed by atoms with Crippen molar-refractivity contribution in [2.24, 2.45) is 11.8 Å². The van der Waals surface area contributed by atoms with E-state index in [4.69, 9.17) is 14.9 Å². The third kappa shape index (κ3) is 9.99. The van der Waals surface area contributed by atoms with Gasteiger partial charge in [-0.2, -0.15) is 0 Å². The van der Waals surface area contributed by atoms with Crippen LogP contribution in [0.25, 0.3) is 0 Å².